The zero-order chi connectivity index (χ0) is 40.1. The number of carbonyl (C=O) groups excluding carboxylic acids is 2. The standard InChI is InChI=1S/C44H53ClN4O7S/c1-28(8-6-10-39(54-5)40-36-19-43(36,40)2)24-57(52,27-46-41(50)31-17-33-22-55-34(23-53-4)21-49(33)20-31)47-42(51)30-11-14-38-37(18-30)48(3)25-44(26-56-38)15-7-9-29-16-32(45)12-13-35(29)44/h6,10-14,16-18,20,27-28,34,36,39-40H,7-9,15,19,21-26H2,1-5H3/p+1/b10-6+,46-27?/t28-,34+,36?,39-,40-,43-,44-,57?/m0/s1. The van der Waals surface area contributed by atoms with Gasteiger partial charge in [0.15, 0.2) is 0 Å². The quantitative estimate of drug-likeness (QED) is 0.143. The lowest BCUT2D eigenvalue weighted by Crippen LogP contribution is -2.74. The van der Waals surface area contributed by atoms with E-state index in [1.54, 1.807) is 44.7 Å². The van der Waals surface area contributed by atoms with Gasteiger partial charge in [-0.05, 0) is 103 Å². The third kappa shape index (κ3) is 8.13. The van der Waals surface area contributed by atoms with E-state index in [0.717, 1.165) is 41.6 Å². The van der Waals surface area contributed by atoms with Crippen molar-refractivity contribution in [2.24, 2.45) is 27.5 Å². The maximum atomic E-state index is 14.7. The molecule has 0 radical (unpaired) electrons. The Morgan fingerprint density at radius 3 is 2.75 bits per heavy atom. The number of halogens is 1. The first-order valence-electron chi connectivity index (χ1n) is 20.0. The molecule has 2 fully saturated rings. The molecule has 13 heteroatoms. The van der Waals surface area contributed by atoms with Crippen molar-refractivity contribution in [1.29, 1.82) is 0 Å². The van der Waals surface area contributed by atoms with Crippen molar-refractivity contribution in [2.75, 3.05) is 51.7 Å². The van der Waals surface area contributed by atoms with Crippen molar-refractivity contribution in [2.45, 2.75) is 76.7 Å². The minimum absolute atomic E-state index is 0.0578. The molecule has 304 valence electrons. The van der Waals surface area contributed by atoms with Crippen molar-refractivity contribution in [3.05, 3.63) is 93.8 Å². The molecule has 11 nitrogen and oxygen atoms in total. The zero-order valence-corrected chi connectivity index (χ0v) is 35.1. The summed E-state index contributed by atoms with van der Waals surface area (Å²) in [5, 5.41) is 0.734. The van der Waals surface area contributed by atoms with E-state index in [4.69, 9.17) is 30.5 Å². The summed E-state index contributed by atoms with van der Waals surface area (Å²) in [6.45, 7) is 6.85. The molecule has 5 aliphatic rings. The van der Waals surface area contributed by atoms with Crippen LogP contribution in [0.25, 0.3) is 0 Å². The van der Waals surface area contributed by atoms with Gasteiger partial charge in [-0.2, -0.15) is 4.99 Å². The molecule has 57 heavy (non-hydrogen) atoms. The van der Waals surface area contributed by atoms with Gasteiger partial charge in [-0.25, -0.2) is 9.00 Å². The van der Waals surface area contributed by atoms with Crippen LogP contribution in [0.1, 0.15) is 77.1 Å². The van der Waals surface area contributed by atoms with Gasteiger partial charge in [0.1, 0.15) is 21.0 Å². The summed E-state index contributed by atoms with van der Waals surface area (Å²) in [6.07, 6.45) is 10.8. The van der Waals surface area contributed by atoms with Gasteiger partial charge in [0.05, 0.1) is 44.3 Å². The molecule has 3 aliphatic carbocycles. The predicted molar refractivity (Wildman–Crippen MR) is 221 cm³/mol. The lowest BCUT2D eigenvalue weighted by molar-refractivity contribution is -0.336. The molecule has 1 aromatic heterocycles. The number of rotatable bonds is 12. The first-order chi connectivity index (χ1) is 27.3. The number of hydrogen-bond acceptors (Lipinski definition) is 8. The lowest BCUT2D eigenvalue weighted by Gasteiger charge is -2.39. The van der Waals surface area contributed by atoms with Crippen LogP contribution in [0.4, 0.5) is 5.69 Å². The predicted octanol–water partition coefficient (Wildman–Crippen LogP) is 5.60. The van der Waals surface area contributed by atoms with Crippen LogP contribution in [-0.2, 0) is 48.9 Å². The molecule has 3 aromatic rings. The van der Waals surface area contributed by atoms with Crippen LogP contribution in [0.2, 0.25) is 5.02 Å². The second kappa shape index (κ2) is 15.7. The maximum absolute atomic E-state index is 14.7. The Hall–Kier alpha value is -3.81. The minimum Gasteiger partial charge on any atom is -0.490 e. The summed E-state index contributed by atoms with van der Waals surface area (Å²) >= 11 is 6.37. The summed E-state index contributed by atoms with van der Waals surface area (Å²) in [4.78, 5) is 32.4. The number of nitrogens with zero attached hydrogens (tertiary/aromatic N) is 3. The summed E-state index contributed by atoms with van der Waals surface area (Å²) < 4.78 is 44.5. The average molecular weight is 818 g/mol. The number of likely N-dealkylation sites (N-methyl/N-ethyl adjacent to an activating group) is 1. The van der Waals surface area contributed by atoms with Gasteiger partial charge in [0.25, 0.3) is 5.91 Å². The largest absolute Gasteiger partial charge is 0.490 e. The Labute approximate surface area is 340 Å². The summed E-state index contributed by atoms with van der Waals surface area (Å²) in [7, 11) is 2.00. The molecule has 0 bridgehead atoms. The Balaban J connectivity index is 1.03. The molecule has 2 aromatic carbocycles. The number of methoxy groups -OCH3 is 2. The number of aryl methyl sites for hydroxylation is 1. The van der Waals surface area contributed by atoms with Gasteiger partial charge in [-0.3, -0.25) is 4.79 Å². The van der Waals surface area contributed by atoms with Crippen molar-refractivity contribution in [3.8, 4) is 5.75 Å². The first-order valence-corrected chi connectivity index (χ1v) is 22.2. The maximum Gasteiger partial charge on any atom is 0.419 e. The highest BCUT2D eigenvalue weighted by Gasteiger charge is 2.77. The van der Waals surface area contributed by atoms with E-state index in [0.29, 0.717) is 67.5 Å². The molecular formula is C44H54ClN4O7S+. The van der Waals surface area contributed by atoms with Crippen molar-refractivity contribution >= 4 is 44.4 Å². The Morgan fingerprint density at radius 2 is 2.00 bits per heavy atom. The molecule has 8 rings (SSSR count). The number of amides is 2. The monoisotopic (exact) mass is 817 g/mol. The van der Waals surface area contributed by atoms with Gasteiger partial charge in [0.2, 0.25) is 5.55 Å². The van der Waals surface area contributed by atoms with Crippen LogP contribution in [0.3, 0.4) is 0 Å². The number of fused-ring (bicyclic) bond motifs is 5. The van der Waals surface area contributed by atoms with Crippen LogP contribution >= 0.6 is 11.6 Å². The third-order valence-corrected chi connectivity index (χ3v) is 15.2. The molecule has 8 atom stereocenters. The Kier molecular flexibility index (Phi) is 11.0. The zero-order valence-electron chi connectivity index (χ0n) is 33.5. The number of hydrogen-bond donors (Lipinski definition) is 1. The molecule has 2 amide bonds. The van der Waals surface area contributed by atoms with E-state index in [9.17, 15) is 13.8 Å². The number of carbonyl (C=O) groups is 2. The molecular weight excluding hydrogens is 764 g/mol. The molecule has 2 saturated carbocycles. The van der Waals surface area contributed by atoms with Crippen molar-refractivity contribution in [3.63, 3.8) is 0 Å². The highest BCUT2D eigenvalue weighted by Crippen LogP contribution is 2.81. The fraction of sp³-hybridized carbons (Fsp3) is 0.523. The summed E-state index contributed by atoms with van der Waals surface area (Å²) in [5.74, 6) is 0.875. The van der Waals surface area contributed by atoms with Crippen LogP contribution in [0, 0.1) is 23.2 Å². The van der Waals surface area contributed by atoms with Crippen LogP contribution in [0.15, 0.2) is 65.2 Å². The third-order valence-electron chi connectivity index (χ3n) is 12.9. The summed E-state index contributed by atoms with van der Waals surface area (Å²) in [5.41, 5.74) is 6.24. The SMILES string of the molecule is COC[C@H]1Cn2cc(C(=O)[NH+]=CS(=O)(C[C@@H](C)C/C=C/[C@H](OC)[C@@H]3C4C[C@@]43C)=NC(=O)c3ccc4c(c3)N(C)C[C@@]3(CCCc5cc(Cl)ccc53)CO4)cc2CO1. The van der Waals surface area contributed by atoms with E-state index >= 15 is 0 Å². The lowest BCUT2D eigenvalue weighted by atomic mass is 9.70. The van der Waals surface area contributed by atoms with Gasteiger partial charge in [-0.15, -0.1) is 4.36 Å². The second-order valence-corrected chi connectivity index (χ2v) is 19.7. The second-order valence-electron chi connectivity index (χ2n) is 17.2. The number of allylic oxidation sites excluding steroid dienone is 1. The van der Waals surface area contributed by atoms with E-state index in [2.05, 4.69) is 45.5 Å². The highest BCUT2D eigenvalue weighted by molar-refractivity contribution is 8.06. The van der Waals surface area contributed by atoms with Gasteiger partial charge in [-0.1, -0.05) is 43.7 Å². The molecule has 0 saturated heterocycles. The van der Waals surface area contributed by atoms with Gasteiger partial charge < -0.3 is 28.4 Å². The number of aromatic nitrogens is 1. The fourth-order valence-electron chi connectivity index (χ4n) is 9.58. The molecule has 1 spiro atoms. The van der Waals surface area contributed by atoms with E-state index in [1.807, 2.05) is 24.6 Å². The summed E-state index contributed by atoms with van der Waals surface area (Å²) in [6, 6.07) is 13.1. The molecule has 2 unspecified atom stereocenters. The van der Waals surface area contributed by atoms with Crippen molar-refractivity contribution in [1.82, 2.24) is 4.57 Å². The number of benzene rings is 2. The smallest absolute Gasteiger partial charge is 0.419 e. The number of nitrogens with one attached hydrogen (secondary N) is 1. The minimum atomic E-state index is -3.38. The fourth-order valence-corrected chi connectivity index (χ4v) is 11.6. The van der Waals surface area contributed by atoms with Gasteiger partial charge >= 0.3 is 5.91 Å². The Bertz CT molecular complexity index is 2250. The number of anilines is 1. The molecule has 3 heterocycles. The topological polar surface area (TPSA) is 123 Å². The number of ether oxygens (including phenoxy) is 4. The normalized spacial score (nSPS) is 28.0. The highest BCUT2D eigenvalue weighted by atomic mass is 35.5. The van der Waals surface area contributed by atoms with Gasteiger partial charge in [0, 0.05) is 61.5 Å². The van der Waals surface area contributed by atoms with E-state index in [1.165, 1.54) is 23.1 Å². The van der Waals surface area contributed by atoms with Crippen molar-refractivity contribution < 1.29 is 37.7 Å². The molecule has 1 N–H and O–H groups in total. The molecule has 2 aliphatic heterocycles. The first kappa shape index (κ1) is 40.0. The Morgan fingerprint density at radius 1 is 1.18 bits per heavy atom. The van der Waals surface area contributed by atoms with Crippen LogP contribution in [-0.4, -0.2) is 85.1 Å². The van der Waals surface area contributed by atoms with Crippen LogP contribution < -0.4 is 14.6 Å². The average Bonchev–Trinajstić information content (AvgIpc) is 3.96. The van der Waals surface area contributed by atoms with Crippen LogP contribution in [0.5, 0.6) is 5.75 Å². The van der Waals surface area contributed by atoms with E-state index < -0.39 is 21.5 Å². The van der Waals surface area contributed by atoms with E-state index in [-0.39, 0.29) is 29.3 Å².